The Bertz CT molecular complexity index is 1330. The smallest absolute Gasteiger partial charge is 0.251 e. The van der Waals surface area contributed by atoms with E-state index in [2.05, 4.69) is 9.88 Å². The predicted molar refractivity (Wildman–Crippen MR) is 140 cm³/mol. The van der Waals surface area contributed by atoms with Crippen LogP contribution in [0.3, 0.4) is 0 Å². The van der Waals surface area contributed by atoms with Crippen LogP contribution in [-0.2, 0) is 4.74 Å². The van der Waals surface area contributed by atoms with Crippen LogP contribution in [0.4, 0.5) is 0 Å². The summed E-state index contributed by atoms with van der Waals surface area (Å²) in [6.45, 7) is 5.04. The van der Waals surface area contributed by atoms with Crippen molar-refractivity contribution < 1.29 is 14.2 Å². The summed E-state index contributed by atoms with van der Waals surface area (Å²) in [5.74, 6) is 2.14. The highest BCUT2D eigenvalue weighted by molar-refractivity contribution is 5.87. The first-order chi connectivity index (χ1) is 16.7. The van der Waals surface area contributed by atoms with Gasteiger partial charge in [0, 0.05) is 36.8 Å². The maximum Gasteiger partial charge on any atom is 0.251 e. The summed E-state index contributed by atoms with van der Waals surface area (Å²) in [7, 11) is 1.62. The number of fused-ring (bicyclic) bond motifs is 1. The number of aromatic nitrogens is 2. The number of rotatable bonds is 7. The van der Waals surface area contributed by atoms with Gasteiger partial charge >= 0.3 is 0 Å². The van der Waals surface area contributed by atoms with Gasteiger partial charge in [-0.1, -0.05) is 18.2 Å². The van der Waals surface area contributed by atoms with Gasteiger partial charge in [0.25, 0.3) is 5.56 Å². The predicted octanol–water partition coefficient (Wildman–Crippen LogP) is 4.40. The zero-order valence-corrected chi connectivity index (χ0v) is 20.3. The first-order valence-electron chi connectivity index (χ1n) is 11.4. The molecule has 1 fully saturated rings. The minimum Gasteiger partial charge on any atom is -0.497 e. The lowest BCUT2D eigenvalue weighted by molar-refractivity contribution is 0.0322. The summed E-state index contributed by atoms with van der Waals surface area (Å²) in [6.07, 6.45) is 0. The van der Waals surface area contributed by atoms with E-state index < -0.39 is 0 Å². The maximum atomic E-state index is 12.4. The number of benzene rings is 3. The van der Waals surface area contributed by atoms with E-state index in [0.29, 0.717) is 18.1 Å². The Balaban J connectivity index is 0.00000289. The fourth-order valence-electron chi connectivity index (χ4n) is 4.08. The molecule has 182 valence electrons. The van der Waals surface area contributed by atoms with Crippen LogP contribution >= 0.6 is 12.4 Å². The minimum absolute atomic E-state index is 0. The molecule has 0 radical (unpaired) electrons. The van der Waals surface area contributed by atoms with Gasteiger partial charge in [-0.15, -0.1) is 12.4 Å². The third-order valence-electron chi connectivity index (χ3n) is 5.99. The second-order valence-electron chi connectivity index (χ2n) is 8.23. The van der Waals surface area contributed by atoms with Gasteiger partial charge < -0.3 is 19.2 Å². The van der Waals surface area contributed by atoms with Gasteiger partial charge in [-0.05, 0) is 53.2 Å². The normalized spacial score (nSPS) is 13.9. The number of morpholine rings is 1. The molecule has 1 aromatic heterocycles. The first kappa shape index (κ1) is 24.7. The molecule has 1 aliphatic rings. The SMILES string of the molecule is COc1ccc(-c2cc(=O)[nH]c(-c3ccc4cc(OCCN5CCOCC5)ccc4c3)n2)cc1.Cl. The number of ether oxygens (including phenoxy) is 3. The molecule has 0 spiro atoms. The van der Waals surface area contributed by atoms with Crippen molar-refractivity contribution in [3.05, 3.63) is 77.1 Å². The van der Waals surface area contributed by atoms with E-state index in [0.717, 1.165) is 66.2 Å². The van der Waals surface area contributed by atoms with E-state index in [1.807, 2.05) is 60.7 Å². The Kier molecular flexibility index (Phi) is 8.02. The Labute approximate surface area is 210 Å². The quantitative estimate of drug-likeness (QED) is 0.411. The lowest BCUT2D eigenvalue weighted by Gasteiger charge is -2.26. The van der Waals surface area contributed by atoms with Crippen LogP contribution in [0.1, 0.15) is 0 Å². The molecule has 0 bridgehead atoms. The molecule has 3 aromatic carbocycles. The zero-order valence-electron chi connectivity index (χ0n) is 19.5. The molecular weight excluding hydrogens is 466 g/mol. The van der Waals surface area contributed by atoms with Crippen molar-refractivity contribution in [1.29, 1.82) is 0 Å². The Morgan fingerprint density at radius 1 is 0.914 bits per heavy atom. The molecule has 0 amide bonds. The lowest BCUT2D eigenvalue weighted by atomic mass is 10.1. The molecule has 0 atom stereocenters. The van der Waals surface area contributed by atoms with Gasteiger partial charge in [0.2, 0.25) is 0 Å². The first-order valence-corrected chi connectivity index (χ1v) is 11.4. The maximum absolute atomic E-state index is 12.4. The highest BCUT2D eigenvalue weighted by Crippen LogP contribution is 2.27. The van der Waals surface area contributed by atoms with Crippen molar-refractivity contribution in [3.63, 3.8) is 0 Å². The summed E-state index contributed by atoms with van der Waals surface area (Å²) in [4.78, 5) is 22.3. The summed E-state index contributed by atoms with van der Waals surface area (Å²) < 4.78 is 16.6. The molecule has 5 rings (SSSR count). The fraction of sp³-hybridized carbons (Fsp3) is 0.259. The Morgan fingerprint density at radius 2 is 1.60 bits per heavy atom. The van der Waals surface area contributed by atoms with E-state index in [4.69, 9.17) is 19.2 Å². The van der Waals surface area contributed by atoms with Crippen molar-refractivity contribution in [2.45, 2.75) is 0 Å². The Hall–Kier alpha value is -3.39. The van der Waals surface area contributed by atoms with Crippen LogP contribution in [0, 0.1) is 0 Å². The number of hydrogen-bond donors (Lipinski definition) is 1. The number of H-pyrrole nitrogens is 1. The molecule has 1 saturated heterocycles. The molecule has 1 N–H and O–H groups in total. The van der Waals surface area contributed by atoms with Gasteiger partial charge in [0.15, 0.2) is 0 Å². The van der Waals surface area contributed by atoms with Crippen LogP contribution < -0.4 is 15.0 Å². The average Bonchev–Trinajstić information content (AvgIpc) is 2.88. The molecule has 4 aromatic rings. The second kappa shape index (κ2) is 11.4. The largest absolute Gasteiger partial charge is 0.497 e. The molecule has 35 heavy (non-hydrogen) atoms. The average molecular weight is 494 g/mol. The molecular formula is C27H28ClN3O4. The van der Waals surface area contributed by atoms with Crippen LogP contribution in [0.15, 0.2) is 71.5 Å². The topological polar surface area (TPSA) is 76.7 Å². The number of hydrogen-bond acceptors (Lipinski definition) is 6. The van der Waals surface area contributed by atoms with E-state index in [1.165, 1.54) is 6.07 Å². The number of nitrogens with zero attached hydrogens (tertiary/aromatic N) is 2. The second-order valence-corrected chi connectivity index (χ2v) is 8.23. The van der Waals surface area contributed by atoms with Crippen molar-refractivity contribution in [3.8, 4) is 34.1 Å². The van der Waals surface area contributed by atoms with Crippen LogP contribution in [0.2, 0.25) is 0 Å². The highest BCUT2D eigenvalue weighted by Gasteiger charge is 2.11. The standard InChI is InChI=1S/C27H27N3O4.ClH/c1-32-23-7-4-19(5-8-23)25-18-26(31)29-27(28-25)22-3-2-21-17-24(9-6-20(21)16-22)34-15-12-30-10-13-33-14-11-30;/h2-9,16-18H,10-15H2,1H3,(H,28,29,31);1H. The number of aromatic amines is 1. The van der Waals surface area contributed by atoms with Crippen molar-refractivity contribution >= 4 is 23.2 Å². The summed E-state index contributed by atoms with van der Waals surface area (Å²) in [5, 5.41) is 2.12. The van der Waals surface area contributed by atoms with E-state index in [9.17, 15) is 4.79 Å². The molecule has 2 heterocycles. The molecule has 0 saturated carbocycles. The van der Waals surface area contributed by atoms with E-state index >= 15 is 0 Å². The van der Waals surface area contributed by atoms with Crippen molar-refractivity contribution in [2.75, 3.05) is 46.6 Å². The van der Waals surface area contributed by atoms with Gasteiger partial charge in [0.1, 0.15) is 23.9 Å². The zero-order chi connectivity index (χ0) is 23.3. The number of methoxy groups -OCH3 is 1. The molecule has 0 aliphatic carbocycles. The molecule has 8 heteroatoms. The van der Waals surface area contributed by atoms with Crippen molar-refractivity contribution in [2.24, 2.45) is 0 Å². The van der Waals surface area contributed by atoms with Gasteiger partial charge in [-0.3, -0.25) is 9.69 Å². The highest BCUT2D eigenvalue weighted by atomic mass is 35.5. The Morgan fingerprint density at radius 3 is 2.37 bits per heavy atom. The van der Waals surface area contributed by atoms with Gasteiger partial charge in [-0.25, -0.2) is 4.98 Å². The van der Waals surface area contributed by atoms with Crippen LogP contribution in [0.25, 0.3) is 33.4 Å². The molecule has 0 unspecified atom stereocenters. The number of nitrogens with one attached hydrogen (secondary N) is 1. The fourth-order valence-corrected chi connectivity index (χ4v) is 4.08. The summed E-state index contributed by atoms with van der Waals surface area (Å²) >= 11 is 0. The minimum atomic E-state index is -0.195. The van der Waals surface area contributed by atoms with Gasteiger partial charge in [0.05, 0.1) is 26.0 Å². The van der Waals surface area contributed by atoms with E-state index in [-0.39, 0.29) is 18.0 Å². The van der Waals surface area contributed by atoms with Crippen LogP contribution in [-0.4, -0.2) is 61.4 Å². The third kappa shape index (κ3) is 6.00. The van der Waals surface area contributed by atoms with Gasteiger partial charge in [-0.2, -0.15) is 0 Å². The summed E-state index contributed by atoms with van der Waals surface area (Å²) in [5.41, 5.74) is 2.12. The lowest BCUT2D eigenvalue weighted by Crippen LogP contribution is -2.38. The van der Waals surface area contributed by atoms with E-state index in [1.54, 1.807) is 7.11 Å². The molecule has 7 nitrogen and oxygen atoms in total. The molecule has 1 aliphatic heterocycles. The number of halogens is 1. The monoisotopic (exact) mass is 493 g/mol. The summed E-state index contributed by atoms with van der Waals surface area (Å²) in [6, 6.07) is 21.1. The van der Waals surface area contributed by atoms with Crippen LogP contribution in [0.5, 0.6) is 11.5 Å². The third-order valence-corrected chi connectivity index (χ3v) is 5.99. The van der Waals surface area contributed by atoms with Crippen molar-refractivity contribution in [1.82, 2.24) is 14.9 Å².